The molecule has 5 heteroatoms. The van der Waals surface area contributed by atoms with Crippen LogP contribution in [0.1, 0.15) is 36.3 Å². The summed E-state index contributed by atoms with van der Waals surface area (Å²) in [5.41, 5.74) is 6.86. The number of thiazole rings is 1. The smallest absolute Gasteiger partial charge is 0.188 e. The Bertz CT molecular complexity index is 382. The van der Waals surface area contributed by atoms with E-state index in [9.17, 15) is 0 Å². The molecule has 0 amide bonds. The Labute approximate surface area is 107 Å². The molecule has 0 aliphatic rings. The lowest BCUT2D eigenvalue weighted by molar-refractivity contribution is 0.508. The van der Waals surface area contributed by atoms with Crippen LogP contribution in [-0.2, 0) is 6.42 Å². The van der Waals surface area contributed by atoms with Gasteiger partial charge < -0.3 is 11.1 Å². The van der Waals surface area contributed by atoms with Gasteiger partial charge in [-0.25, -0.2) is 4.98 Å². The first-order valence-corrected chi connectivity index (χ1v) is 6.60. The zero-order valence-corrected chi connectivity index (χ0v) is 12.1. The van der Waals surface area contributed by atoms with Crippen LogP contribution in [0.3, 0.4) is 0 Å². The van der Waals surface area contributed by atoms with E-state index in [4.69, 9.17) is 5.73 Å². The number of nitrogens with zero attached hydrogens (tertiary/aromatic N) is 2. The number of hydrogen-bond acceptors (Lipinski definition) is 3. The highest BCUT2D eigenvalue weighted by atomic mass is 32.1. The van der Waals surface area contributed by atoms with Gasteiger partial charge in [-0.3, -0.25) is 4.99 Å². The van der Waals surface area contributed by atoms with Crippen molar-refractivity contribution in [1.29, 1.82) is 0 Å². The van der Waals surface area contributed by atoms with Crippen LogP contribution < -0.4 is 11.1 Å². The van der Waals surface area contributed by atoms with Crippen LogP contribution in [0.2, 0.25) is 0 Å². The molecule has 0 atom stereocenters. The summed E-state index contributed by atoms with van der Waals surface area (Å²) in [7, 11) is 0. The van der Waals surface area contributed by atoms with Crippen molar-refractivity contribution in [1.82, 2.24) is 10.3 Å². The highest BCUT2D eigenvalue weighted by molar-refractivity contribution is 7.11. The topological polar surface area (TPSA) is 63.3 Å². The Hall–Kier alpha value is -1.10. The van der Waals surface area contributed by atoms with Gasteiger partial charge in [0.1, 0.15) is 0 Å². The number of guanidine groups is 1. The maximum absolute atomic E-state index is 5.78. The first-order valence-electron chi connectivity index (χ1n) is 5.79. The van der Waals surface area contributed by atoms with Crippen molar-refractivity contribution in [3.8, 4) is 0 Å². The van der Waals surface area contributed by atoms with Gasteiger partial charge in [0, 0.05) is 23.4 Å². The molecule has 4 nitrogen and oxygen atoms in total. The highest BCUT2D eigenvalue weighted by Gasteiger charge is 2.09. The second-order valence-corrected chi connectivity index (χ2v) is 6.43. The van der Waals surface area contributed by atoms with Crippen molar-refractivity contribution >= 4 is 17.3 Å². The largest absolute Gasteiger partial charge is 0.370 e. The summed E-state index contributed by atoms with van der Waals surface area (Å²) < 4.78 is 0. The Balaban J connectivity index is 2.44. The average Bonchev–Trinajstić information content (AvgIpc) is 2.43. The van der Waals surface area contributed by atoms with Gasteiger partial charge in [-0.15, -0.1) is 11.3 Å². The Kier molecular flexibility index (Phi) is 4.51. The average molecular weight is 254 g/mol. The summed E-state index contributed by atoms with van der Waals surface area (Å²) in [5.74, 6) is 0.502. The van der Waals surface area contributed by atoms with Gasteiger partial charge in [0.15, 0.2) is 5.96 Å². The van der Waals surface area contributed by atoms with Gasteiger partial charge >= 0.3 is 0 Å². The molecule has 17 heavy (non-hydrogen) atoms. The first-order chi connectivity index (χ1) is 7.78. The SMILES string of the molecule is Cc1nc(CCN=C(N)NC(C)(C)C)sc1C. The molecule has 0 saturated carbocycles. The molecule has 96 valence electrons. The maximum Gasteiger partial charge on any atom is 0.188 e. The molecule has 3 N–H and O–H groups in total. The van der Waals surface area contributed by atoms with Crippen LogP contribution in [-0.4, -0.2) is 23.0 Å². The van der Waals surface area contributed by atoms with E-state index in [1.165, 1.54) is 4.88 Å². The first kappa shape index (κ1) is 14.0. The van der Waals surface area contributed by atoms with E-state index in [1.807, 2.05) is 6.92 Å². The third-order valence-electron chi connectivity index (χ3n) is 2.18. The fourth-order valence-corrected chi connectivity index (χ4v) is 2.26. The lowest BCUT2D eigenvalue weighted by atomic mass is 10.1. The van der Waals surface area contributed by atoms with E-state index in [-0.39, 0.29) is 5.54 Å². The van der Waals surface area contributed by atoms with E-state index in [0.29, 0.717) is 12.5 Å². The fraction of sp³-hybridized carbons (Fsp3) is 0.667. The van der Waals surface area contributed by atoms with Gasteiger partial charge in [-0.1, -0.05) is 0 Å². The number of nitrogens with two attached hydrogens (primary N) is 1. The lowest BCUT2D eigenvalue weighted by Crippen LogP contribution is -2.45. The molecule has 0 bridgehead atoms. The maximum atomic E-state index is 5.78. The van der Waals surface area contributed by atoms with E-state index < -0.39 is 0 Å². The standard InChI is InChI=1S/C12H22N4S/c1-8-9(2)17-10(15-8)6-7-14-11(13)16-12(3,4)5/h6-7H2,1-5H3,(H3,13,14,16). The predicted molar refractivity (Wildman–Crippen MR) is 74.7 cm³/mol. The van der Waals surface area contributed by atoms with Gasteiger partial charge in [-0.2, -0.15) is 0 Å². The van der Waals surface area contributed by atoms with Crippen molar-refractivity contribution in [2.75, 3.05) is 6.54 Å². The predicted octanol–water partition coefficient (Wildman–Crippen LogP) is 2.01. The second kappa shape index (κ2) is 5.49. The quantitative estimate of drug-likeness (QED) is 0.640. The second-order valence-electron chi connectivity index (χ2n) is 5.14. The molecule has 0 aromatic carbocycles. The summed E-state index contributed by atoms with van der Waals surface area (Å²) in [4.78, 5) is 10.0. The van der Waals surface area contributed by atoms with Crippen molar-refractivity contribution in [2.24, 2.45) is 10.7 Å². The fourth-order valence-electron chi connectivity index (χ4n) is 1.34. The Morgan fingerprint density at radius 1 is 1.41 bits per heavy atom. The number of aromatic nitrogens is 1. The molecule has 0 saturated heterocycles. The van der Waals surface area contributed by atoms with Crippen LogP contribution in [0.25, 0.3) is 0 Å². The van der Waals surface area contributed by atoms with Crippen molar-refractivity contribution in [3.05, 3.63) is 15.6 Å². The third kappa shape index (κ3) is 5.17. The Morgan fingerprint density at radius 3 is 2.53 bits per heavy atom. The molecule has 0 aliphatic heterocycles. The summed E-state index contributed by atoms with van der Waals surface area (Å²) in [5, 5.41) is 4.26. The minimum Gasteiger partial charge on any atom is -0.370 e. The molecule has 0 spiro atoms. The van der Waals surface area contributed by atoms with Gasteiger partial charge in [0.05, 0.1) is 10.7 Å². The van der Waals surface area contributed by atoms with Crippen LogP contribution in [0.4, 0.5) is 0 Å². The van der Waals surface area contributed by atoms with Crippen LogP contribution in [0.15, 0.2) is 4.99 Å². The molecule has 0 unspecified atom stereocenters. The molecular formula is C12H22N4S. The summed E-state index contributed by atoms with van der Waals surface area (Å²) in [6, 6.07) is 0. The number of hydrogen-bond donors (Lipinski definition) is 2. The zero-order chi connectivity index (χ0) is 13.1. The molecule has 0 radical (unpaired) electrons. The lowest BCUT2D eigenvalue weighted by Gasteiger charge is -2.20. The van der Waals surface area contributed by atoms with Gasteiger partial charge in [-0.05, 0) is 34.6 Å². The normalized spacial score (nSPS) is 12.9. The van der Waals surface area contributed by atoms with Gasteiger partial charge in [0.2, 0.25) is 0 Å². The third-order valence-corrected chi connectivity index (χ3v) is 3.32. The van der Waals surface area contributed by atoms with Crippen molar-refractivity contribution in [3.63, 3.8) is 0 Å². The molecule has 1 aromatic rings. The monoisotopic (exact) mass is 254 g/mol. The summed E-state index contributed by atoms with van der Waals surface area (Å²) >= 11 is 1.74. The van der Waals surface area contributed by atoms with E-state index >= 15 is 0 Å². The molecule has 1 heterocycles. The number of nitrogens with one attached hydrogen (secondary N) is 1. The zero-order valence-electron chi connectivity index (χ0n) is 11.3. The molecule has 0 aliphatic carbocycles. The Morgan fingerprint density at radius 2 is 2.06 bits per heavy atom. The molecule has 1 aromatic heterocycles. The number of rotatable bonds is 3. The van der Waals surface area contributed by atoms with Crippen LogP contribution >= 0.6 is 11.3 Å². The van der Waals surface area contributed by atoms with E-state index in [2.05, 4.69) is 43.0 Å². The number of aliphatic imine (C=N–C) groups is 1. The van der Waals surface area contributed by atoms with E-state index in [0.717, 1.165) is 17.1 Å². The van der Waals surface area contributed by atoms with Crippen LogP contribution in [0, 0.1) is 13.8 Å². The summed E-state index contributed by atoms with van der Waals surface area (Å²) in [6.45, 7) is 11.0. The highest BCUT2D eigenvalue weighted by Crippen LogP contribution is 2.16. The van der Waals surface area contributed by atoms with E-state index in [1.54, 1.807) is 11.3 Å². The number of aryl methyl sites for hydroxylation is 2. The van der Waals surface area contributed by atoms with Crippen LogP contribution in [0.5, 0.6) is 0 Å². The van der Waals surface area contributed by atoms with Gasteiger partial charge in [0.25, 0.3) is 0 Å². The van der Waals surface area contributed by atoms with Crippen molar-refractivity contribution < 1.29 is 0 Å². The summed E-state index contributed by atoms with van der Waals surface area (Å²) in [6.07, 6.45) is 0.853. The minimum absolute atomic E-state index is 0.0397. The molecular weight excluding hydrogens is 232 g/mol. The molecule has 0 fully saturated rings. The minimum atomic E-state index is -0.0397. The van der Waals surface area contributed by atoms with Crippen molar-refractivity contribution in [2.45, 2.75) is 46.6 Å². The molecule has 1 rings (SSSR count).